The summed E-state index contributed by atoms with van der Waals surface area (Å²) in [6, 6.07) is 0.249. The monoisotopic (exact) mass is 299 g/mol. The Kier molecular flexibility index (Phi) is 3.47. The number of aromatic nitrogens is 3. The van der Waals surface area contributed by atoms with Gasteiger partial charge in [-0.25, -0.2) is 13.1 Å². The molecule has 2 fully saturated rings. The Bertz CT molecular complexity index is 607. The Morgan fingerprint density at radius 1 is 1.50 bits per heavy atom. The molecule has 20 heavy (non-hydrogen) atoms. The molecule has 2 saturated heterocycles. The molecule has 9 heteroatoms. The largest absolute Gasteiger partial charge is 0.349 e. The average Bonchev–Trinajstić information content (AvgIpc) is 2.91. The quantitative estimate of drug-likeness (QED) is 0.718. The third-order valence-corrected chi connectivity index (χ3v) is 6.11. The summed E-state index contributed by atoms with van der Waals surface area (Å²) in [5, 5.41) is 13.0. The van der Waals surface area contributed by atoms with Crippen molar-refractivity contribution in [1.82, 2.24) is 25.6 Å². The predicted octanol–water partition coefficient (Wildman–Crippen LogP) is -1.27. The Hall–Kier alpha value is -1.48. The molecule has 2 N–H and O–H groups in total. The first-order chi connectivity index (χ1) is 9.56. The zero-order valence-corrected chi connectivity index (χ0v) is 11.8. The number of carbonyl (C=O) groups is 1. The van der Waals surface area contributed by atoms with Crippen LogP contribution >= 0.6 is 0 Å². The van der Waals surface area contributed by atoms with Crippen LogP contribution in [-0.4, -0.2) is 60.0 Å². The van der Waals surface area contributed by atoms with Crippen molar-refractivity contribution in [1.29, 1.82) is 0 Å². The van der Waals surface area contributed by atoms with Crippen LogP contribution < -0.4 is 10.6 Å². The van der Waals surface area contributed by atoms with E-state index < -0.39 is 15.1 Å². The lowest BCUT2D eigenvalue weighted by molar-refractivity contribution is 0.0948. The van der Waals surface area contributed by atoms with Gasteiger partial charge in [0, 0.05) is 19.6 Å². The van der Waals surface area contributed by atoms with Crippen LogP contribution in [0.2, 0.25) is 0 Å². The summed E-state index contributed by atoms with van der Waals surface area (Å²) in [7, 11) is -3.03. The molecular weight excluding hydrogens is 282 g/mol. The molecule has 0 radical (unpaired) electrons. The number of carbonyl (C=O) groups excluding carboxylic acids is 1. The number of hydrogen-bond acceptors (Lipinski definition) is 6. The summed E-state index contributed by atoms with van der Waals surface area (Å²) in [4.78, 5) is 11.9. The Morgan fingerprint density at radius 2 is 2.30 bits per heavy atom. The van der Waals surface area contributed by atoms with E-state index in [1.807, 2.05) is 0 Å². The molecule has 1 atom stereocenters. The summed E-state index contributed by atoms with van der Waals surface area (Å²) in [6.07, 6.45) is 2.89. The van der Waals surface area contributed by atoms with Crippen LogP contribution in [0.15, 0.2) is 6.20 Å². The molecule has 3 heterocycles. The molecule has 1 aromatic heterocycles. The lowest BCUT2D eigenvalue weighted by Crippen LogP contribution is -2.43. The van der Waals surface area contributed by atoms with E-state index in [1.165, 1.54) is 0 Å². The van der Waals surface area contributed by atoms with Crippen LogP contribution in [-0.2, 0) is 9.84 Å². The maximum Gasteiger partial charge on any atom is 0.273 e. The third-order valence-electron chi connectivity index (χ3n) is 3.83. The fraction of sp³-hybridized carbons (Fsp3) is 0.727. The van der Waals surface area contributed by atoms with Gasteiger partial charge >= 0.3 is 0 Å². The highest BCUT2D eigenvalue weighted by atomic mass is 32.2. The minimum absolute atomic E-state index is 0.152. The smallest absolute Gasteiger partial charge is 0.273 e. The fourth-order valence-corrected chi connectivity index (χ4v) is 4.17. The second-order valence-electron chi connectivity index (χ2n) is 5.24. The van der Waals surface area contributed by atoms with Crippen molar-refractivity contribution in [3.63, 3.8) is 0 Å². The van der Waals surface area contributed by atoms with E-state index in [1.54, 1.807) is 10.9 Å². The van der Waals surface area contributed by atoms with Crippen molar-refractivity contribution in [2.75, 3.05) is 25.4 Å². The first-order valence-electron chi connectivity index (χ1n) is 6.68. The van der Waals surface area contributed by atoms with Crippen LogP contribution in [0.5, 0.6) is 0 Å². The Balaban J connectivity index is 1.57. The molecule has 2 aliphatic rings. The van der Waals surface area contributed by atoms with Crippen LogP contribution in [0.1, 0.15) is 29.4 Å². The van der Waals surface area contributed by atoms with Gasteiger partial charge in [-0.3, -0.25) is 4.79 Å². The van der Waals surface area contributed by atoms with Crippen LogP contribution in [0.4, 0.5) is 0 Å². The minimum atomic E-state index is -3.03. The average molecular weight is 299 g/mol. The van der Waals surface area contributed by atoms with Gasteiger partial charge in [0.2, 0.25) is 0 Å². The molecule has 2 aliphatic heterocycles. The van der Waals surface area contributed by atoms with E-state index in [2.05, 4.69) is 20.9 Å². The minimum Gasteiger partial charge on any atom is -0.349 e. The maximum atomic E-state index is 11.9. The van der Waals surface area contributed by atoms with Crippen molar-refractivity contribution >= 4 is 15.7 Å². The van der Waals surface area contributed by atoms with E-state index >= 15 is 0 Å². The van der Waals surface area contributed by atoms with Crippen LogP contribution in [0.25, 0.3) is 0 Å². The van der Waals surface area contributed by atoms with Gasteiger partial charge in [-0.05, 0) is 12.8 Å². The summed E-state index contributed by atoms with van der Waals surface area (Å²) in [6.45, 7) is 1.80. The van der Waals surface area contributed by atoms with Crippen molar-refractivity contribution < 1.29 is 13.2 Å². The lowest BCUT2D eigenvalue weighted by Gasteiger charge is -2.26. The number of amides is 1. The molecule has 3 rings (SSSR count). The molecule has 1 amide bonds. The third kappa shape index (κ3) is 2.55. The highest BCUT2D eigenvalue weighted by Crippen LogP contribution is 2.19. The van der Waals surface area contributed by atoms with Gasteiger partial charge in [0.05, 0.1) is 23.2 Å². The molecule has 1 aromatic rings. The Labute approximate surface area is 116 Å². The zero-order valence-electron chi connectivity index (χ0n) is 10.9. The highest BCUT2D eigenvalue weighted by Gasteiger charge is 2.31. The number of hydrogen-bond donors (Lipinski definition) is 2. The van der Waals surface area contributed by atoms with Crippen LogP contribution in [0, 0.1) is 0 Å². The predicted molar refractivity (Wildman–Crippen MR) is 71.1 cm³/mol. The zero-order chi connectivity index (χ0) is 14.2. The van der Waals surface area contributed by atoms with Gasteiger partial charge in [-0.2, -0.15) is 0 Å². The number of nitrogens with one attached hydrogen (secondary N) is 2. The standard InChI is InChI=1S/C11H17N5O3S/c17-11(13-6-9-2-1-3-20(9,18)19)10-7-16(15-14-10)8-4-12-5-8/h7-9,12H,1-6H2,(H,13,17). The molecule has 8 nitrogen and oxygen atoms in total. The van der Waals surface area contributed by atoms with Gasteiger partial charge in [0.25, 0.3) is 5.91 Å². The second kappa shape index (κ2) is 5.13. The molecule has 0 aromatic carbocycles. The summed E-state index contributed by atoms with van der Waals surface area (Å²) in [5.74, 6) is -0.149. The summed E-state index contributed by atoms with van der Waals surface area (Å²) >= 11 is 0. The topological polar surface area (TPSA) is 106 Å². The normalized spacial score (nSPS) is 25.3. The Morgan fingerprint density at radius 3 is 2.90 bits per heavy atom. The fourth-order valence-electron chi connectivity index (χ4n) is 2.40. The molecule has 0 bridgehead atoms. The molecule has 1 unspecified atom stereocenters. The van der Waals surface area contributed by atoms with Gasteiger partial charge < -0.3 is 10.6 Å². The summed E-state index contributed by atoms with van der Waals surface area (Å²) in [5.41, 5.74) is 0.229. The van der Waals surface area contributed by atoms with Crippen molar-refractivity contribution in [3.8, 4) is 0 Å². The number of rotatable bonds is 4. The first kappa shape index (κ1) is 13.5. The van der Waals surface area contributed by atoms with Crippen molar-refractivity contribution in [3.05, 3.63) is 11.9 Å². The van der Waals surface area contributed by atoms with E-state index in [0.29, 0.717) is 12.8 Å². The second-order valence-corrected chi connectivity index (χ2v) is 7.64. The van der Waals surface area contributed by atoms with Gasteiger partial charge in [0.1, 0.15) is 0 Å². The van der Waals surface area contributed by atoms with E-state index in [-0.39, 0.29) is 29.9 Å². The van der Waals surface area contributed by atoms with Gasteiger partial charge in [0.15, 0.2) is 15.5 Å². The van der Waals surface area contributed by atoms with Crippen molar-refractivity contribution in [2.24, 2.45) is 0 Å². The van der Waals surface area contributed by atoms with Crippen LogP contribution in [0.3, 0.4) is 0 Å². The summed E-state index contributed by atoms with van der Waals surface area (Å²) < 4.78 is 25.0. The van der Waals surface area contributed by atoms with E-state index in [4.69, 9.17) is 0 Å². The maximum absolute atomic E-state index is 11.9. The lowest BCUT2D eigenvalue weighted by atomic mass is 10.2. The first-order valence-corrected chi connectivity index (χ1v) is 8.40. The number of sulfone groups is 1. The number of nitrogens with zero attached hydrogens (tertiary/aromatic N) is 3. The SMILES string of the molecule is O=C(NCC1CCCS1(=O)=O)c1cn(C2CNC2)nn1. The molecule has 0 spiro atoms. The molecular formula is C11H17N5O3S. The molecule has 0 saturated carbocycles. The molecule has 0 aliphatic carbocycles. The van der Waals surface area contributed by atoms with E-state index in [0.717, 1.165) is 13.1 Å². The van der Waals surface area contributed by atoms with Gasteiger partial charge in [-0.15, -0.1) is 5.10 Å². The molecule has 110 valence electrons. The van der Waals surface area contributed by atoms with E-state index in [9.17, 15) is 13.2 Å². The van der Waals surface area contributed by atoms with Gasteiger partial charge in [-0.1, -0.05) is 5.21 Å². The highest BCUT2D eigenvalue weighted by molar-refractivity contribution is 7.92. The van der Waals surface area contributed by atoms with Crippen molar-refractivity contribution in [2.45, 2.75) is 24.1 Å².